The SMILES string of the molecule is CNCc1ccccc1CCC(C=O)CNC=O. The second kappa shape index (κ2) is 8.42. The maximum absolute atomic E-state index is 10.9. The number of rotatable bonds is 9. The number of aldehydes is 1. The Bertz CT molecular complexity index is 380. The van der Waals surface area contributed by atoms with E-state index in [1.54, 1.807) is 0 Å². The van der Waals surface area contributed by atoms with Gasteiger partial charge in [0.2, 0.25) is 6.41 Å². The Hall–Kier alpha value is -1.68. The minimum atomic E-state index is -0.113. The minimum absolute atomic E-state index is 0.113. The Morgan fingerprint density at radius 1 is 1.22 bits per heavy atom. The molecule has 0 spiro atoms. The highest BCUT2D eigenvalue weighted by Crippen LogP contribution is 2.13. The first-order valence-corrected chi connectivity index (χ1v) is 6.15. The van der Waals surface area contributed by atoms with Gasteiger partial charge in [-0.15, -0.1) is 0 Å². The summed E-state index contributed by atoms with van der Waals surface area (Å²) < 4.78 is 0. The highest BCUT2D eigenvalue weighted by atomic mass is 16.1. The number of amides is 1. The topological polar surface area (TPSA) is 58.2 Å². The average Bonchev–Trinajstić information content (AvgIpc) is 2.41. The number of nitrogens with one attached hydrogen (secondary N) is 2. The van der Waals surface area contributed by atoms with Crippen LogP contribution in [-0.4, -0.2) is 26.3 Å². The molecular formula is C14H20N2O2. The largest absolute Gasteiger partial charge is 0.358 e. The maximum atomic E-state index is 10.9. The second-order valence-electron chi connectivity index (χ2n) is 4.26. The van der Waals surface area contributed by atoms with Gasteiger partial charge in [0, 0.05) is 19.0 Å². The lowest BCUT2D eigenvalue weighted by Gasteiger charge is -2.12. The van der Waals surface area contributed by atoms with Gasteiger partial charge in [-0.25, -0.2) is 0 Å². The molecule has 0 aliphatic heterocycles. The summed E-state index contributed by atoms with van der Waals surface area (Å²) in [6, 6.07) is 8.20. The molecule has 18 heavy (non-hydrogen) atoms. The minimum Gasteiger partial charge on any atom is -0.358 e. The first kappa shape index (κ1) is 14.4. The summed E-state index contributed by atoms with van der Waals surface area (Å²) >= 11 is 0. The smallest absolute Gasteiger partial charge is 0.207 e. The van der Waals surface area contributed by atoms with Crippen molar-refractivity contribution in [1.82, 2.24) is 10.6 Å². The van der Waals surface area contributed by atoms with E-state index in [0.29, 0.717) is 13.0 Å². The highest BCUT2D eigenvalue weighted by molar-refractivity contribution is 5.55. The van der Waals surface area contributed by atoms with Gasteiger partial charge in [-0.05, 0) is 31.0 Å². The molecule has 1 aromatic rings. The van der Waals surface area contributed by atoms with E-state index in [4.69, 9.17) is 0 Å². The lowest BCUT2D eigenvalue weighted by molar-refractivity contribution is -0.112. The zero-order valence-electron chi connectivity index (χ0n) is 10.7. The number of hydrogen-bond donors (Lipinski definition) is 2. The summed E-state index contributed by atoms with van der Waals surface area (Å²) in [4.78, 5) is 21.1. The monoisotopic (exact) mass is 248 g/mol. The van der Waals surface area contributed by atoms with Crippen LogP contribution in [-0.2, 0) is 22.6 Å². The summed E-state index contributed by atoms with van der Waals surface area (Å²) in [7, 11) is 1.92. The molecule has 0 saturated carbocycles. The van der Waals surface area contributed by atoms with Crippen LogP contribution >= 0.6 is 0 Å². The Morgan fingerprint density at radius 3 is 2.56 bits per heavy atom. The number of hydrogen-bond acceptors (Lipinski definition) is 3. The first-order chi connectivity index (χ1) is 8.81. The lowest BCUT2D eigenvalue weighted by Crippen LogP contribution is -2.23. The maximum Gasteiger partial charge on any atom is 0.207 e. The van der Waals surface area contributed by atoms with E-state index in [1.807, 2.05) is 19.2 Å². The molecule has 0 bridgehead atoms. The van der Waals surface area contributed by atoms with E-state index >= 15 is 0 Å². The standard InChI is InChI=1S/C14H20N2O2/c1-15-9-14-5-3-2-4-13(14)7-6-12(10-17)8-16-11-18/h2-5,10-12,15H,6-9H2,1H3,(H,16,18). The molecule has 0 aliphatic rings. The van der Waals surface area contributed by atoms with Crippen molar-refractivity contribution in [2.45, 2.75) is 19.4 Å². The lowest BCUT2D eigenvalue weighted by atomic mass is 9.97. The van der Waals surface area contributed by atoms with Crippen molar-refractivity contribution in [3.63, 3.8) is 0 Å². The number of carbonyl (C=O) groups is 2. The van der Waals surface area contributed by atoms with Crippen molar-refractivity contribution in [1.29, 1.82) is 0 Å². The molecule has 0 aromatic heterocycles. The molecule has 1 atom stereocenters. The van der Waals surface area contributed by atoms with Gasteiger partial charge in [-0.1, -0.05) is 24.3 Å². The number of carbonyl (C=O) groups excluding carboxylic acids is 2. The molecule has 4 nitrogen and oxygen atoms in total. The van der Waals surface area contributed by atoms with Gasteiger partial charge < -0.3 is 15.4 Å². The average molecular weight is 248 g/mol. The summed E-state index contributed by atoms with van der Waals surface area (Å²) in [5.74, 6) is -0.113. The van der Waals surface area contributed by atoms with Crippen molar-refractivity contribution < 1.29 is 9.59 Å². The molecule has 1 aromatic carbocycles. The van der Waals surface area contributed by atoms with Crippen molar-refractivity contribution >= 4 is 12.7 Å². The fraction of sp³-hybridized carbons (Fsp3) is 0.429. The van der Waals surface area contributed by atoms with Gasteiger partial charge >= 0.3 is 0 Å². The van der Waals surface area contributed by atoms with Crippen LogP contribution in [0.25, 0.3) is 0 Å². The molecule has 1 unspecified atom stereocenters. The molecule has 4 heteroatoms. The van der Waals surface area contributed by atoms with Crippen molar-refractivity contribution in [3.05, 3.63) is 35.4 Å². The second-order valence-corrected chi connectivity index (χ2v) is 4.26. The molecule has 98 valence electrons. The van der Waals surface area contributed by atoms with E-state index in [-0.39, 0.29) is 5.92 Å². The van der Waals surface area contributed by atoms with Crippen LogP contribution in [0.4, 0.5) is 0 Å². The fourth-order valence-electron chi connectivity index (χ4n) is 1.92. The molecule has 0 aliphatic carbocycles. The molecule has 0 saturated heterocycles. The molecular weight excluding hydrogens is 228 g/mol. The van der Waals surface area contributed by atoms with Gasteiger partial charge in [-0.2, -0.15) is 0 Å². The van der Waals surface area contributed by atoms with Crippen LogP contribution in [0.2, 0.25) is 0 Å². The Kier molecular flexibility index (Phi) is 6.72. The van der Waals surface area contributed by atoms with Gasteiger partial charge in [-0.3, -0.25) is 4.79 Å². The third-order valence-electron chi connectivity index (χ3n) is 2.93. The van der Waals surface area contributed by atoms with E-state index in [9.17, 15) is 9.59 Å². The summed E-state index contributed by atoms with van der Waals surface area (Å²) in [5.41, 5.74) is 2.51. The Morgan fingerprint density at radius 2 is 1.94 bits per heavy atom. The van der Waals surface area contributed by atoms with Crippen LogP contribution in [0.5, 0.6) is 0 Å². The molecule has 1 rings (SSSR count). The molecule has 0 fully saturated rings. The van der Waals surface area contributed by atoms with Crippen LogP contribution in [0, 0.1) is 5.92 Å². The number of aryl methyl sites for hydroxylation is 1. The van der Waals surface area contributed by atoms with E-state index in [1.165, 1.54) is 11.1 Å². The zero-order chi connectivity index (χ0) is 13.2. The fourth-order valence-corrected chi connectivity index (χ4v) is 1.92. The predicted octanol–water partition coefficient (Wildman–Crippen LogP) is 0.900. The summed E-state index contributed by atoms with van der Waals surface area (Å²) in [6.45, 7) is 1.25. The van der Waals surface area contributed by atoms with Crippen LogP contribution in [0.1, 0.15) is 17.5 Å². The molecule has 0 heterocycles. The van der Waals surface area contributed by atoms with Crippen molar-refractivity contribution in [3.8, 4) is 0 Å². The molecule has 1 amide bonds. The van der Waals surface area contributed by atoms with E-state index in [0.717, 1.165) is 25.7 Å². The predicted molar refractivity (Wildman–Crippen MR) is 71.1 cm³/mol. The van der Waals surface area contributed by atoms with Crippen LogP contribution in [0.15, 0.2) is 24.3 Å². The van der Waals surface area contributed by atoms with Crippen molar-refractivity contribution in [2.75, 3.05) is 13.6 Å². The first-order valence-electron chi connectivity index (χ1n) is 6.15. The quantitative estimate of drug-likeness (QED) is 0.638. The van der Waals surface area contributed by atoms with E-state index < -0.39 is 0 Å². The third-order valence-corrected chi connectivity index (χ3v) is 2.93. The zero-order valence-corrected chi connectivity index (χ0v) is 10.7. The Labute approximate surface area is 108 Å². The van der Waals surface area contributed by atoms with E-state index in [2.05, 4.69) is 22.8 Å². The number of benzene rings is 1. The van der Waals surface area contributed by atoms with Crippen LogP contribution in [0.3, 0.4) is 0 Å². The highest BCUT2D eigenvalue weighted by Gasteiger charge is 2.08. The van der Waals surface area contributed by atoms with Gasteiger partial charge in [0.15, 0.2) is 0 Å². The van der Waals surface area contributed by atoms with Gasteiger partial charge in [0.25, 0.3) is 0 Å². The van der Waals surface area contributed by atoms with Gasteiger partial charge in [0.1, 0.15) is 6.29 Å². The normalized spacial score (nSPS) is 11.8. The summed E-state index contributed by atoms with van der Waals surface area (Å²) in [5, 5.41) is 5.68. The van der Waals surface area contributed by atoms with Crippen molar-refractivity contribution in [2.24, 2.45) is 5.92 Å². The third kappa shape index (κ3) is 4.67. The summed E-state index contributed by atoms with van der Waals surface area (Å²) in [6.07, 6.45) is 3.15. The van der Waals surface area contributed by atoms with Gasteiger partial charge in [0.05, 0.1) is 0 Å². The molecule has 0 radical (unpaired) electrons. The molecule has 2 N–H and O–H groups in total. The Balaban J connectivity index is 2.55. The van der Waals surface area contributed by atoms with Crippen LogP contribution < -0.4 is 10.6 Å².